The first-order valence-electron chi connectivity index (χ1n) is 6.41. The number of carbonyl (C=O) groups excluding carboxylic acids is 1. The zero-order valence-electron chi connectivity index (χ0n) is 11.4. The molecule has 1 heterocycles. The number of nitrogens with two attached hydrogens (primary N) is 1. The minimum atomic E-state index is -0.215. The smallest absolute Gasteiger partial charge is 0.271 e. The Morgan fingerprint density at radius 3 is 2.86 bits per heavy atom. The highest BCUT2D eigenvalue weighted by molar-refractivity contribution is 7.09. The summed E-state index contributed by atoms with van der Waals surface area (Å²) in [6.45, 7) is 2.40. The molecule has 0 aliphatic carbocycles. The Labute approximate surface area is 137 Å². The van der Waals surface area contributed by atoms with E-state index in [-0.39, 0.29) is 11.9 Å². The molecule has 2 rings (SSSR count). The van der Waals surface area contributed by atoms with Crippen LogP contribution < -0.4 is 11.1 Å². The Hall–Kier alpha value is -1.14. The van der Waals surface area contributed by atoms with Gasteiger partial charge >= 0.3 is 0 Å². The van der Waals surface area contributed by atoms with E-state index >= 15 is 0 Å². The van der Waals surface area contributed by atoms with Crippen LogP contribution in [0, 0.1) is 0 Å². The fraction of sp³-hybridized carbons (Fsp3) is 0.286. The predicted molar refractivity (Wildman–Crippen MR) is 87.2 cm³/mol. The normalized spacial score (nSPS) is 12.2. The molecule has 2 aromatic rings. The average Bonchev–Trinajstić information content (AvgIpc) is 2.91. The van der Waals surface area contributed by atoms with E-state index in [2.05, 4.69) is 10.3 Å². The summed E-state index contributed by atoms with van der Waals surface area (Å²) in [6, 6.07) is 5.10. The molecular weight excluding hydrogens is 329 g/mol. The number of amides is 1. The second-order valence-electron chi connectivity index (χ2n) is 4.53. The molecule has 3 N–H and O–H groups in total. The van der Waals surface area contributed by atoms with Gasteiger partial charge in [0.2, 0.25) is 0 Å². The first kappa shape index (κ1) is 16.2. The van der Waals surface area contributed by atoms with Crippen molar-refractivity contribution in [2.45, 2.75) is 19.4 Å². The molecule has 1 unspecified atom stereocenters. The predicted octanol–water partition coefficient (Wildman–Crippen LogP) is 3.44. The maximum atomic E-state index is 12.1. The van der Waals surface area contributed by atoms with Crippen molar-refractivity contribution in [1.82, 2.24) is 10.3 Å². The molecule has 0 aliphatic heterocycles. The first-order chi connectivity index (χ1) is 10.0. The van der Waals surface area contributed by atoms with Crippen LogP contribution in [0.5, 0.6) is 0 Å². The Morgan fingerprint density at radius 2 is 2.19 bits per heavy atom. The van der Waals surface area contributed by atoms with Gasteiger partial charge in [0.05, 0.1) is 21.1 Å². The molecule has 0 saturated carbocycles. The molecule has 0 fully saturated rings. The summed E-state index contributed by atoms with van der Waals surface area (Å²) in [5.74, 6) is -0.215. The molecule has 1 atom stereocenters. The van der Waals surface area contributed by atoms with Gasteiger partial charge in [0.15, 0.2) is 0 Å². The summed E-state index contributed by atoms with van der Waals surface area (Å²) < 4.78 is 0. The number of carbonyl (C=O) groups is 1. The Bertz CT molecular complexity index is 645. The van der Waals surface area contributed by atoms with Gasteiger partial charge in [-0.2, -0.15) is 0 Å². The van der Waals surface area contributed by atoms with Crippen LogP contribution in [-0.2, 0) is 6.42 Å². The van der Waals surface area contributed by atoms with Crippen molar-refractivity contribution < 1.29 is 4.79 Å². The number of rotatable bonds is 5. The van der Waals surface area contributed by atoms with Crippen LogP contribution in [0.4, 0.5) is 0 Å². The second-order valence-corrected chi connectivity index (χ2v) is 6.29. The van der Waals surface area contributed by atoms with Gasteiger partial charge in [0.25, 0.3) is 5.91 Å². The highest BCUT2D eigenvalue weighted by atomic mass is 35.5. The molecule has 7 heteroatoms. The quantitative estimate of drug-likeness (QED) is 0.873. The maximum Gasteiger partial charge on any atom is 0.271 e. The van der Waals surface area contributed by atoms with E-state index in [0.717, 1.165) is 10.6 Å². The lowest BCUT2D eigenvalue weighted by Gasteiger charge is -2.14. The molecule has 4 nitrogen and oxygen atoms in total. The molecule has 0 bridgehead atoms. The Kier molecular flexibility index (Phi) is 5.58. The van der Waals surface area contributed by atoms with Crippen molar-refractivity contribution in [2.24, 2.45) is 5.73 Å². The highest BCUT2D eigenvalue weighted by Gasteiger charge is 2.15. The molecule has 0 radical (unpaired) electrons. The summed E-state index contributed by atoms with van der Waals surface area (Å²) in [7, 11) is 0. The van der Waals surface area contributed by atoms with Crippen LogP contribution in [0.2, 0.25) is 10.0 Å². The van der Waals surface area contributed by atoms with Gasteiger partial charge in [-0.15, -0.1) is 11.3 Å². The van der Waals surface area contributed by atoms with Crippen LogP contribution in [0.25, 0.3) is 0 Å². The third-order valence-corrected chi connectivity index (χ3v) is 4.58. The maximum absolute atomic E-state index is 12.1. The van der Waals surface area contributed by atoms with E-state index < -0.39 is 0 Å². The van der Waals surface area contributed by atoms with E-state index in [1.165, 1.54) is 11.3 Å². The summed E-state index contributed by atoms with van der Waals surface area (Å²) in [5.41, 5.74) is 6.77. The average molecular weight is 344 g/mol. The van der Waals surface area contributed by atoms with Crippen LogP contribution >= 0.6 is 34.5 Å². The topological polar surface area (TPSA) is 68.0 Å². The fourth-order valence-corrected chi connectivity index (χ4v) is 2.89. The van der Waals surface area contributed by atoms with Crippen LogP contribution in [0.1, 0.15) is 34.0 Å². The van der Waals surface area contributed by atoms with E-state index in [1.54, 1.807) is 17.5 Å². The number of halogens is 2. The third kappa shape index (κ3) is 4.17. The van der Waals surface area contributed by atoms with Crippen LogP contribution in [0.15, 0.2) is 23.6 Å². The van der Waals surface area contributed by atoms with Crippen molar-refractivity contribution in [3.8, 4) is 0 Å². The molecule has 0 spiro atoms. The summed E-state index contributed by atoms with van der Waals surface area (Å²) in [5, 5.41) is 6.45. The van der Waals surface area contributed by atoms with Crippen LogP contribution in [0.3, 0.4) is 0 Å². The number of thiazole rings is 1. The standard InChI is InChI=1S/C14H15Cl2N3OS/c1-8(9-2-3-10(15)11(16)6-9)18-14(20)12-7-21-13(19-12)4-5-17/h2-3,6-8H,4-5,17H2,1H3,(H,18,20). The zero-order valence-corrected chi connectivity index (χ0v) is 13.7. The summed E-state index contributed by atoms with van der Waals surface area (Å²) in [6.07, 6.45) is 0.681. The van der Waals surface area contributed by atoms with Gasteiger partial charge < -0.3 is 11.1 Å². The lowest BCUT2D eigenvalue weighted by molar-refractivity contribution is 0.0935. The van der Waals surface area contributed by atoms with Gasteiger partial charge in [0.1, 0.15) is 5.69 Å². The minimum absolute atomic E-state index is 0.188. The minimum Gasteiger partial charge on any atom is -0.344 e. The number of nitrogens with zero attached hydrogens (tertiary/aromatic N) is 1. The monoisotopic (exact) mass is 343 g/mol. The number of hydrogen-bond acceptors (Lipinski definition) is 4. The molecule has 1 aromatic heterocycles. The van der Waals surface area contributed by atoms with E-state index in [9.17, 15) is 4.79 Å². The molecule has 1 aromatic carbocycles. The first-order valence-corrected chi connectivity index (χ1v) is 8.05. The van der Waals surface area contributed by atoms with E-state index in [1.807, 2.05) is 13.0 Å². The SMILES string of the molecule is CC(NC(=O)c1csc(CCN)n1)c1ccc(Cl)c(Cl)c1. The van der Waals surface area contributed by atoms with E-state index in [4.69, 9.17) is 28.9 Å². The van der Waals surface area contributed by atoms with Gasteiger partial charge in [-0.25, -0.2) is 4.98 Å². The molecule has 1 amide bonds. The highest BCUT2D eigenvalue weighted by Crippen LogP contribution is 2.25. The Balaban J connectivity index is 2.05. The summed E-state index contributed by atoms with van der Waals surface area (Å²) in [4.78, 5) is 16.4. The van der Waals surface area contributed by atoms with Crippen molar-refractivity contribution in [1.29, 1.82) is 0 Å². The lowest BCUT2D eigenvalue weighted by Crippen LogP contribution is -2.27. The van der Waals surface area contributed by atoms with Gasteiger partial charge in [0, 0.05) is 11.8 Å². The molecular formula is C14H15Cl2N3OS. The molecule has 112 valence electrons. The van der Waals surface area contributed by atoms with Crippen molar-refractivity contribution >= 4 is 40.4 Å². The molecule has 0 aliphatic rings. The van der Waals surface area contributed by atoms with Crippen LogP contribution in [-0.4, -0.2) is 17.4 Å². The van der Waals surface area contributed by atoms with Gasteiger partial charge in [-0.3, -0.25) is 4.79 Å². The van der Waals surface area contributed by atoms with Crippen molar-refractivity contribution in [3.63, 3.8) is 0 Å². The third-order valence-electron chi connectivity index (χ3n) is 2.93. The number of nitrogens with one attached hydrogen (secondary N) is 1. The molecule has 21 heavy (non-hydrogen) atoms. The molecule has 0 saturated heterocycles. The fourth-order valence-electron chi connectivity index (χ4n) is 1.79. The lowest BCUT2D eigenvalue weighted by atomic mass is 10.1. The zero-order chi connectivity index (χ0) is 15.4. The number of hydrogen-bond donors (Lipinski definition) is 2. The summed E-state index contributed by atoms with van der Waals surface area (Å²) >= 11 is 13.3. The number of benzene rings is 1. The second kappa shape index (κ2) is 7.22. The van der Waals surface area contributed by atoms with Crippen molar-refractivity contribution in [3.05, 3.63) is 49.9 Å². The van der Waals surface area contributed by atoms with Crippen molar-refractivity contribution in [2.75, 3.05) is 6.54 Å². The van der Waals surface area contributed by atoms with E-state index in [0.29, 0.717) is 28.7 Å². The number of aromatic nitrogens is 1. The van der Waals surface area contributed by atoms with Gasteiger partial charge in [-0.1, -0.05) is 29.3 Å². The largest absolute Gasteiger partial charge is 0.344 e. The Morgan fingerprint density at radius 1 is 1.43 bits per heavy atom. The van der Waals surface area contributed by atoms with Gasteiger partial charge in [-0.05, 0) is 31.2 Å².